The summed E-state index contributed by atoms with van der Waals surface area (Å²) in [5, 5.41) is 1.53. The lowest BCUT2D eigenvalue weighted by Gasteiger charge is -2.34. The highest BCUT2D eigenvalue weighted by Crippen LogP contribution is 2.39. The van der Waals surface area contributed by atoms with E-state index < -0.39 is 8.07 Å². The van der Waals surface area contributed by atoms with Crippen LogP contribution in [-0.4, -0.2) is 19.4 Å². The van der Waals surface area contributed by atoms with Crippen molar-refractivity contribution in [1.29, 1.82) is 0 Å². The van der Waals surface area contributed by atoms with Gasteiger partial charge in [0.1, 0.15) is 12.2 Å². The zero-order valence-electron chi connectivity index (χ0n) is 19.2. The quantitative estimate of drug-likeness (QED) is 0.300. The second-order valence-electron chi connectivity index (χ2n) is 11.3. The Kier molecular flexibility index (Phi) is 5.74. The van der Waals surface area contributed by atoms with Gasteiger partial charge in [-0.05, 0) is 34.1 Å². The van der Waals surface area contributed by atoms with Crippen molar-refractivity contribution >= 4 is 14.8 Å². The molecule has 148 valence electrons. The SMILES string of the molecule is C=[N+]1C=C([Si](C)(C)C)C(CC(C)(C)C)=C[C-]1c1cc(C(C)(C)C)ccc1C. The fourth-order valence-corrected chi connectivity index (χ4v) is 5.29. The van der Waals surface area contributed by atoms with E-state index in [1.807, 2.05) is 0 Å². The molecule has 0 bridgehead atoms. The molecular formula is C25H39NSi. The van der Waals surface area contributed by atoms with Crippen LogP contribution in [0.5, 0.6) is 0 Å². The first-order chi connectivity index (χ1) is 12.1. The third-order valence-corrected chi connectivity index (χ3v) is 7.23. The summed E-state index contributed by atoms with van der Waals surface area (Å²) in [7, 11) is -1.45. The Morgan fingerprint density at radius 2 is 1.63 bits per heavy atom. The molecule has 27 heavy (non-hydrogen) atoms. The summed E-state index contributed by atoms with van der Waals surface area (Å²) < 4.78 is 2.11. The summed E-state index contributed by atoms with van der Waals surface area (Å²) in [6.07, 6.45) is 5.82. The summed E-state index contributed by atoms with van der Waals surface area (Å²) in [6.45, 7) is 27.7. The van der Waals surface area contributed by atoms with Gasteiger partial charge < -0.3 is 0 Å². The smallest absolute Gasteiger partial charge is 0.147 e. The van der Waals surface area contributed by atoms with Crippen LogP contribution in [0.1, 0.15) is 64.7 Å². The molecule has 0 atom stereocenters. The van der Waals surface area contributed by atoms with Gasteiger partial charge in [0.25, 0.3) is 0 Å². The number of nitrogens with zero attached hydrogens (tertiary/aromatic N) is 1. The minimum Gasteiger partial charge on any atom is -0.255 e. The number of aryl methyl sites for hydroxylation is 1. The molecule has 0 N–H and O–H groups in total. The molecular weight excluding hydrogens is 342 g/mol. The zero-order chi connectivity index (χ0) is 20.8. The maximum absolute atomic E-state index is 4.38. The Bertz CT molecular complexity index is 789. The van der Waals surface area contributed by atoms with Crippen LogP contribution in [0.3, 0.4) is 0 Å². The summed E-state index contributed by atoms with van der Waals surface area (Å²) >= 11 is 0. The van der Waals surface area contributed by atoms with Crippen molar-refractivity contribution in [3.05, 3.63) is 64.0 Å². The lowest BCUT2D eigenvalue weighted by molar-refractivity contribution is -0.418. The van der Waals surface area contributed by atoms with Gasteiger partial charge in [0.05, 0.1) is 14.8 Å². The molecule has 1 aliphatic heterocycles. The van der Waals surface area contributed by atoms with Gasteiger partial charge >= 0.3 is 0 Å². The van der Waals surface area contributed by atoms with E-state index in [9.17, 15) is 0 Å². The highest BCUT2D eigenvalue weighted by atomic mass is 28.3. The number of hydrogen-bond donors (Lipinski definition) is 0. The highest BCUT2D eigenvalue weighted by Gasteiger charge is 2.31. The summed E-state index contributed by atoms with van der Waals surface area (Å²) in [5.74, 6) is 0. The van der Waals surface area contributed by atoms with Gasteiger partial charge in [0, 0.05) is 0 Å². The van der Waals surface area contributed by atoms with Crippen molar-refractivity contribution < 1.29 is 4.58 Å². The molecule has 0 radical (unpaired) electrons. The Labute approximate surface area is 168 Å². The molecule has 1 aromatic carbocycles. The van der Waals surface area contributed by atoms with Gasteiger partial charge in [0.2, 0.25) is 0 Å². The molecule has 0 aliphatic carbocycles. The average molecular weight is 382 g/mol. The second-order valence-corrected chi connectivity index (χ2v) is 16.4. The minimum atomic E-state index is -1.45. The fourth-order valence-electron chi connectivity index (χ4n) is 3.62. The predicted molar refractivity (Wildman–Crippen MR) is 123 cm³/mol. The van der Waals surface area contributed by atoms with Gasteiger partial charge in [-0.15, -0.1) is 0 Å². The molecule has 1 heterocycles. The normalized spacial score (nSPS) is 16.4. The average Bonchev–Trinajstić information content (AvgIpc) is 2.45. The molecule has 1 aliphatic rings. The first-order valence-electron chi connectivity index (χ1n) is 10.1. The number of hydrogen-bond acceptors (Lipinski definition) is 0. The van der Waals surface area contributed by atoms with Crippen LogP contribution < -0.4 is 0 Å². The van der Waals surface area contributed by atoms with Crippen LogP contribution in [0, 0.1) is 18.4 Å². The fraction of sp³-hybridized carbons (Fsp3) is 0.520. The van der Waals surface area contributed by atoms with Crippen LogP contribution in [0.2, 0.25) is 19.6 Å². The van der Waals surface area contributed by atoms with Gasteiger partial charge in [0.15, 0.2) is 0 Å². The van der Waals surface area contributed by atoms with Crippen LogP contribution in [0.25, 0.3) is 0 Å². The Balaban J connectivity index is 2.59. The summed E-state index contributed by atoms with van der Waals surface area (Å²) in [5.41, 5.74) is 5.88. The van der Waals surface area contributed by atoms with Crippen molar-refractivity contribution in [2.75, 3.05) is 0 Å². The van der Waals surface area contributed by atoms with E-state index in [1.165, 1.54) is 33.5 Å². The van der Waals surface area contributed by atoms with Crippen molar-refractivity contribution in [2.45, 2.75) is 79.9 Å². The highest BCUT2D eigenvalue weighted by molar-refractivity contribution is 6.84. The largest absolute Gasteiger partial charge is 0.255 e. The lowest BCUT2D eigenvalue weighted by Crippen LogP contribution is -2.31. The topological polar surface area (TPSA) is 3.01 Å². The number of allylic oxidation sites excluding steroid dienone is 2. The molecule has 0 spiro atoms. The Morgan fingerprint density at radius 1 is 1.04 bits per heavy atom. The van der Waals surface area contributed by atoms with Crippen molar-refractivity contribution in [2.24, 2.45) is 5.41 Å². The molecule has 2 heteroatoms. The first kappa shape index (κ1) is 21.8. The molecule has 2 rings (SSSR count). The molecule has 0 aromatic heterocycles. The van der Waals surface area contributed by atoms with Gasteiger partial charge in [-0.3, -0.25) is 4.58 Å². The number of benzene rings is 1. The molecule has 1 aromatic rings. The van der Waals surface area contributed by atoms with E-state index >= 15 is 0 Å². The Hall–Kier alpha value is -1.54. The standard InChI is InChI=1S/C25H39NSi/c1-18-12-13-20(25(5,6)7)15-21(18)22-14-19(16-24(2,3)4)23(17-26(22)8)27(9,10)11/h12-15,17H,8,16H2,1-7,9-11H3. The molecule has 0 unspecified atom stereocenters. The van der Waals surface area contributed by atoms with Crippen LogP contribution in [0.4, 0.5) is 0 Å². The Morgan fingerprint density at radius 3 is 2.11 bits per heavy atom. The van der Waals surface area contributed by atoms with Gasteiger partial charge in [-0.25, -0.2) is 0 Å². The molecule has 0 amide bonds. The van der Waals surface area contributed by atoms with E-state index in [4.69, 9.17) is 0 Å². The molecule has 0 saturated carbocycles. The van der Waals surface area contributed by atoms with Crippen LogP contribution in [-0.2, 0) is 5.41 Å². The molecule has 0 fully saturated rings. The summed E-state index contributed by atoms with van der Waals surface area (Å²) in [4.78, 5) is 0. The second kappa shape index (κ2) is 7.13. The van der Waals surface area contributed by atoms with Gasteiger partial charge in [-0.2, -0.15) is 0 Å². The zero-order valence-corrected chi connectivity index (χ0v) is 20.2. The first-order valence-corrected chi connectivity index (χ1v) is 13.6. The number of rotatable bonds is 3. The van der Waals surface area contributed by atoms with Gasteiger partial charge in [-0.1, -0.05) is 103 Å². The van der Waals surface area contributed by atoms with Crippen molar-refractivity contribution in [1.82, 2.24) is 0 Å². The predicted octanol–water partition coefficient (Wildman–Crippen LogP) is 7.02. The van der Waals surface area contributed by atoms with E-state index in [0.29, 0.717) is 0 Å². The monoisotopic (exact) mass is 381 g/mol. The van der Waals surface area contributed by atoms with E-state index in [2.05, 4.69) is 110 Å². The lowest BCUT2D eigenvalue weighted by atomic mass is 9.82. The van der Waals surface area contributed by atoms with E-state index in [1.54, 1.807) is 0 Å². The maximum Gasteiger partial charge on any atom is 0.147 e. The molecule has 1 nitrogen and oxygen atoms in total. The third kappa shape index (κ3) is 5.25. The minimum absolute atomic E-state index is 0.140. The molecule has 0 saturated heterocycles. The van der Waals surface area contributed by atoms with Crippen molar-refractivity contribution in [3.8, 4) is 0 Å². The summed E-state index contributed by atoms with van der Waals surface area (Å²) in [6, 6.07) is 8.10. The van der Waals surface area contributed by atoms with Crippen LogP contribution in [0.15, 0.2) is 41.2 Å². The maximum atomic E-state index is 4.38. The van der Waals surface area contributed by atoms with Crippen molar-refractivity contribution in [3.63, 3.8) is 0 Å². The van der Waals surface area contributed by atoms with E-state index in [-0.39, 0.29) is 10.8 Å². The van der Waals surface area contributed by atoms with E-state index in [0.717, 1.165) is 6.42 Å². The van der Waals surface area contributed by atoms with Crippen LogP contribution >= 0.6 is 0 Å². The third-order valence-electron chi connectivity index (χ3n) is 5.16.